The van der Waals surface area contributed by atoms with Crippen molar-refractivity contribution in [1.29, 1.82) is 0 Å². The van der Waals surface area contributed by atoms with Crippen LogP contribution in [0.2, 0.25) is 0 Å². The molecule has 14 heavy (non-hydrogen) atoms. The molecule has 0 saturated carbocycles. The minimum absolute atomic E-state index is 0.0757. The van der Waals surface area contributed by atoms with Gasteiger partial charge in [0.1, 0.15) is 0 Å². The van der Waals surface area contributed by atoms with Crippen molar-refractivity contribution in [2.24, 2.45) is 0 Å². The van der Waals surface area contributed by atoms with E-state index >= 15 is 0 Å². The van der Waals surface area contributed by atoms with Gasteiger partial charge in [0.2, 0.25) is 0 Å². The average molecular weight is 1010 g/mol. The predicted octanol–water partition coefficient (Wildman–Crippen LogP) is -6.14. The maximum atomic E-state index is 12.1. The molecule has 0 heterocycles. The van der Waals surface area contributed by atoms with Gasteiger partial charge in [-0.1, -0.05) is 0 Å². The fraction of sp³-hybridized carbons (Fsp3) is 1.00. The molecule has 0 radical (unpaired) electrons. The Labute approximate surface area is 149 Å². The zero-order valence-corrected chi connectivity index (χ0v) is 22.8. The van der Waals surface area contributed by atoms with E-state index in [1.165, 1.54) is 0 Å². The molecule has 0 saturated heterocycles. The van der Waals surface area contributed by atoms with E-state index in [0.717, 1.165) is 0 Å². The van der Waals surface area contributed by atoms with Crippen molar-refractivity contribution in [1.82, 2.24) is 2.94 Å². The third kappa shape index (κ3) is 5.98. The van der Waals surface area contributed by atoms with Crippen molar-refractivity contribution in [2.45, 2.75) is 7.68 Å². The van der Waals surface area contributed by atoms with E-state index in [0.29, 0.717) is 0 Å². The summed E-state index contributed by atoms with van der Waals surface area (Å²) >= 11 is 5.17. The van der Waals surface area contributed by atoms with E-state index in [-0.39, 0.29) is 48.5 Å². The topological polar surface area (TPSA) is 46.2 Å². The Balaban J connectivity index is 4.77. The first kappa shape index (κ1) is 19.0. The standard InChI is InChI=1S/C3H7I7NO2S/c1-3(7-4,8-5)14(12,13)11-10(2)9-6/h11H,1-2H3/q-3. The number of sulfonamides is 1. The molecule has 0 fully saturated rings. The van der Waals surface area contributed by atoms with Gasteiger partial charge in [-0.2, -0.15) is 0 Å². The Bertz CT molecular complexity index is 264. The molecule has 1 N–H and O–H groups in total. The Morgan fingerprint density at radius 3 is 2.00 bits per heavy atom. The second kappa shape index (κ2) is 9.05. The van der Waals surface area contributed by atoms with Gasteiger partial charge in [0.25, 0.3) is 0 Å². The summed E-state index contributed by atoms with van der Waals surface area (Å²) in [5.74, 6) is 0. The summed E-state index contributed by atoms with van der Waals surface area (Å²) in [5.41, 5.74) is 0. The van der Waals surface area contributed by atoms with Gasteiger partial charge in [0.05, 0.1) is 0 Å². The molecule has 94 valence electrons. The molecule has 0 rings (SSSR count). The first-order valence-corrected chi connectivity index (χ1v) is 34.8. The van der Waals surface area contributed by atoms with Crippen molar-refractivity contribution in [3.63, 3.8) is 0 Å². The second-order valence-corrected chi connectivity index (χ2v) is 46.2. The zero-order chi connectivity index (χ0) is 11.4. The summed E-state index contributed by atoms with van der Waals surface area (Å²) in [6.07, 6.45) is 0. The number of halogens is 7. The van der Waals surface area contributed by atoms with E-state index in [4.69, 9.17) is 0 Å². The molecule has 0 spiro atoms. The third-order valence-corrected chi connectivity index (χ3v) is 67.5. The zero-order valence-electron chi connectivity index (χ0n) is 6.87. The maximum absolute atomic E-state index is 12.1. The molecule has 0 aliphatic rings. The molecule has 0 atom stereocenters. The van der Waals surface area contributed by atoms with E-state index in [9.17, 15) is 8.42 Å². The molecular weight excluding hydrogens is 1000 g/mol. The van der Waals surface area contributed by atoms with E-state index < -0.39 is 26.1 Å². The Hall–Kier alpha value is 5.02. The minimum atomic E-state index is -3.01. The van der Waals surface area contributed by atoms with Crippen LogP contribution < -0.4 is 50.7 Å². The molecule has 11 heteroatoms. The van der Waals surface area contributed by atoms with Crippen LogP contribution in [-0.2, 0) is 10.0 Å². The van der Waals surface area contributed by atoms with Gasteiger partial charge in [0, 0.05) is 0 Å². The fourth-order valence-electron chi connectivity index (χ4n) is 0.306. The number of hydrogen-bond acceptors (Lipinski definition) is 2. The van der Waals surface area contributed by atoms with Crippen LogP contribution in [0.4, 0.5) is 0 Å². The van der Waals surface area contributed by atoms with Gasteiger partial charge in [-0.3, -0.25) is 0 Å². The summed E-state index contributed by atoms with van der Waals surface area (Å²) in [6.45, 7) is 1.92. The average Bonchev–Trinajstić information content (AvgIpc) is 2.15. The van der Waals surface area contributed by atoms with E-state index in [2.05, 4.69) is 63.7 Å². The number of hydrogen-bond donors (Lipinski definition) is 1. The molecule has 0 bridgehead atoms. The molecule has 0 aromatic carbocycles. The quantitative estimate of drug-likeness (QED) is 0.164. The molecule has 0 amide bonds. The third-order valence-electron chi connectivity index (χ3n) is 1.02. The molecule has 0 aromatic heterocycles. The van der Waals surface area contributed by atoms with Crippen molar-refractivity contribution in [3.05, 3.63) is 0 Å². The van der Waals surface area contributed by atoms with Crippen LogP contribution in [0.15, 0.2) is 0 Å². The van der Waals surface area contributed by atoms with Crippen LogP contribution >= 0.6 is 72.0 Å². The Kier molecular flexibility index (Phi) is 12.3. The van der Waals surface area contributed by atoms with Crippen LogP contribution in [0.25, 0.3) is 0 Å². The SMILES string of the molecule is CI(NS(=O)(=O)C(C)([I-]I)[I-]I)[I-]I. The van der Waals surface area contributed by atoms with Crippen molar-refractivity contribution in [2.75, 3.05) is 4.93 Å². The Morgan fingerprint density at radius 2 is 1.71 bits per heavy atom. The molecule has 0 aliphatic heterocycles. The van der Waals surface area contributed by atoms with Crippen LogP contribution in [0.3, 0.4) is 0 Å². The molecule has 0 aromatic rings. The summed E-state index contributed by atoms with van der Waals surface area (Å²) in [7, 11) is -3.01. The number of alkyl halides is 3. The molecular formula is C3H7I7NO2S-3. The number of rotatable bonds is 6. The van der Waals surface area contributed by atoms with E-state index in [1.807, 2.05) is 6.92 Å². The predicted molar refractivity (Wildman–Crippen MR) is 82.5 cm³/mol. The first-order valence-electron chi connectivity index (χ1n) is 2.76. The van der Waals surface area contributed by atoms with Crippen LogP contribution in [-0.4, -0.2) is 14.1 Å². The van der Waals surface area contributed by atoms with Gasteiger partial charge < -0.3 is 0 Å². The van der Waals surface area contributed by atoms with Gasteiger partial charge in [-0.25, -0.2) is 0 Å². The number of nitrogens with one attached hydrogen (secondary N) is 1. The van der Waals surface area contributed by atoms with Gasteiger partial charge in [-0.05, 0) is 0 Å². The van der Waals surface area contributed by atoms with Gasteiger partial charge in [0.15, 0.2) is 0 Å². The van der Waals surface area contributed by atoms with Crippen molar-refractivity contribution in [3.8, 4) is 0 Å². The van der Waals surface area contributed by atoms with Crippen molar-refractivity contribution < 1.29 is 56.1 Å². The second-order valence-electron chi connectivity index (χ2n) is 1.99. The summed E-state index contributed by atoms with van der Waals surface area (Å²) in [5, 5.41) is 0. The Morgan fingerprint density at radius 1 is 1.29 bits per heavy atom. The normalized spacial score (nSPS) is 15.1. The van der Waals surface area contributed by atoms with Gasteiger partial charge >= 0.3 is 154 Å². The van der Waals surface area contributed by atoms with Crippen LogP contribution in [0.1, 0.15) is 6.92 Å². The van der Waals surface area contributed by atoms with Crippen LogP contribution in [0, 0.1) is 0 Å². The summed E-state index contributed by atoms with van der Waals surface area (Å²) < 4.78 is 26.7. The molecule has 3 nitrogen and oxygen atoms in total. The van der Waals surface area contributed by atoms with Crippen LogP contribution in [0.5, 0.6) is 0 Å². The fourth-order valence-corrected chi connectivity index (χ4v) is 52.9. The molecule has 0 unspecified atom stereocenters. The molecule has 0 aliphatic carbocycles. The van der Waals surface area contributed by atoms with Crippen molar-refractivity contribution >= 4 is 82.0 Å². The van der Waals surface area contributed by atoms with Gasteiger partial charge in [-0.15, -0.1) is 0 Å². The first-order chi connectivity index (χ1) is 6.33. The summed E-state index contributed by atoms with van der Waals surface area (Å²) in [6, 6.07) is 0. The van der Waals surface area contributed by atoms with E-state index in [1.54, 1.807) is 0 Å². The summed E-state index contributed by atoms with van der Waals surface area (Å²) in [4.78, 5) is 2.11. The monoisotopic (exact) mass is 1010 g/mol.